The minimum absolute atomic E-state index is 0.0441. The van der Waals surface area contributed by atoms with E-state index in [0.717, 1.165) is 11.5 Å². The Hall–Kier alpha value is -1.85. The number of aliphatic hydroxyl groups is 1. The number of likely N-dealkylation sites (N-methyl/N-ethyl adjacent to an activating group) is 1. The van der Waals surface area contributed by atoms with Gasteiger partial charge in [-0.1, -0.05) is 12.1 Å². The Morgan fingerprint density at radius 2 is 2.05 bits per heavy atom. The van der Waals surface area contributed by atoms with E-state index < -0.39 is 11.9 Å². The van der Waals surface area contributed by atoms with Crippen molar-refractivity contribution in [1.29, 1.82) is 0 Å². The smallest absolute Gasteiger partial charge is 0.165 e. The molecule has 0 fully saturated rings. The predicted octanol–water partition coefficient (Wildman–Crippen LogP) is 2.60. The molecule has 0 aliphatic carbocycles. The van der Waals surface area contributed by atoms with Gasteiger partial charge in [-0.25, -0.2) is 4.39 Å². The molecule has 2 rings (SSSR count). The van der Waals surface area contributed by atoms with Crippen LogP contribution >= 0.6 is 0 Å². The number of halogens is 1. The van der Waals surface area contributed by atoms with Crippen LogP contribution in [0.25, 0.3) is 0 Å². The lowest BCUT2D eigenvalue weighted by atomic mass is 10.3. The summed E-state index contributed by atoms with van der Waals surface area (Å²) in [4.78, 5) is 1.92. The summed E-state index contributed by atoms with van der Waals surface area (Å²) in [6.45, 7) is 2.95. The van der Waals surface area contributed by atoms with Gasteiger partial charge in [0.05, 0.1) is 6.54 Å². The van der Waals surface area contributed by atoms with Gasteiger partial charge in [0.2, 0.25) is 0 Å². The molecule has 0 saturated carbocycles. The first-order valence-electron chi connectivity index (χ1n) is 6.84. The van der Waals surface area contributed by atoms with E-state index in [9.17, 15) is 9.50 Å². The molecule has 0 aliphatic rings. The Kier molecular flexibility index (Phi) is 5.36. The number of para-hydroxylation sites is 1. The number of aliphatic hydroxyl groups excluding tert-OH is 1. The second-order valence-electron chi connectivity index (χ2n) is 5.10. The number of rotatable bonds is 7. The van der Waals surface area contributed by atoms with E-state index in [2.05, 4.69) is 0 Å². The van der Waals surface area contributed by atoms with E-state index in [-0.39, 0.29) is 12.4 Å². The molecule has 0 bridgehead atoms. The van der Waals surface area contributed by atoms with Gasteiger partial charge in [-0.05, 0) is 38.2 Å². The van der Waals surface area contributed by atoms with Crippen molar-refractivity contribution in [3.63, 3.8) is 0 Å². The molecule has 1 N–H and O–H groups in total. The summed E-state index contributed by atoms with van der Waals surface area (Å²) in [6.07, 6.45) is -0.703. The van der Waals surface area contributed by atoms with Crippen molar-refractivity contribution in [3.05, 3.63) is 53.7 Å². The zero-order chi connectivity index (χ0) is 15.2. The van der Waals surface area contributed by atoms with Crippen LogP contribution in [0.5, 0.6) is 5.75 Å². The van der Waals surface area contributed by atoms with Crippen molar-refractivity contribution in [1.82, 2.24) is 4.90 Å². The third kappa shape index (κ3) is 4.88. The van der Waals surface area contributed by atoms with Crippen LogP contribution in [0.2, 0.25) is 0 Å². The van der Waals surface area contributed by atoms with Crippen molar-refractivity contribution >= 4 is 0 Å². The second-order valence-corrected chi connectivity index (χ2v) is 5.10. The Balaban J connectivity index is 1.76. The highest BCUT2D eigenvalue weighted by atomic mass is 19.1. The van der Waals surface area contributed by atoms with Gasteiger partial charge >= 0.3 is 0 Å². The van der Waals surface area contributed by atoms with E-state index in [4.69, 9.17) is 9.15 Å². The van der Waals surface area contributed by atoms with Gasteiger partial charge in [0.1, 0.15) is 24.2 Å². The van der Waals surface area contributed by atoms with E-state index >= 15 is 0 Å². The normalized spacial score (nSPS) is 12.6. The number of ether oxygens (including phenoxy) is 1. The van der Waals surface area contributed by atoms with Gasteiger partial charge in [-0.15, -0.1) is 0 Å². The molecule has 1 unspecified atom stereocenters. The maximum atomic E-state index is 13.4. The number of aryl methyl sites for hydroxylation is 1. The molecule has 21 heavy (non-hydrogen) atoms. The fraction of sp³-hybridized carbons (Fsp3) is 0.375. The van der Waals surface area contributed by atoms with E-state index in [0.29, 0.717) is 13.1 Å². The van der Waals surface area contributed by atoms with Gasteiger partial charge < -0.3 is 14.3 Å². The molecule has 0 spiro atoms. The summed E-state index contributed by atoms with van der Waals surface area (Å²) >= 11 is 0. The Morgan fingerprint density at radius 1 is 1.29 bits per heavy atom. The molecule has 1 aromatic carbocycles. The molecule has 0 aliphatic heterocycles. The number of nitrogens with zero attached hydrogens (tertiary/aromatic N) is 1. The highest BCUT2D eigenvalue weighted by Crippen LogP contribution is 2.15. The maximum absolute atomic E-state index is 13.4. The minimum atomic E-state index is -0.703. The topological polar surface area (TPSA) is 45.8 Å². The third-order valence-electron chi connectivity index (χ3n) is 3.01. The fourth-order valence-corrected chi connectivity index (χ4v) is 2.06. The summed E-state index contributed by atoms with van der Waals surface area (Å²) in [5.41, 5.74) is 0. The summed E-state index contributed by atoms with van der Waals surface area (Å²) in [6, 6.07) is 9.97. The zero-order valence-corrected chi connectivity index (χ0v) is 12.3. The van der Waals surface area contributed by atoms with E-state index in [1.165, 1.54) is 12.1 Å². The molecule has 5 heteroatoms. The molecule has 4 nitrogen and oxygen atoms in total. The quantitative estimate of drug-likeness (QED) is 0.852. The molecule has 1 heterocycles. The summed E-state index contributed by atoms with van der Waals surface area (Å²) in [5.74, 6) is 1.43. The second kappa shape index (κ2) is 7.24. The lowest BCUT2D eigenvalue weighted by Crippen LogP contribution is -2.32. The molecule has 2 aromatic rings. The zero-order valence-electron chi connectivity index (χ0n) is 12.3. The summed E-state index contributed by atoms with van der Waals surface area (Å²) in [5, 5.41) is 9.94. The lowest BCUT2D eigenvalue weighted by Gasteiger charge is -2.19. The predicted molar refractivity (Wildman–Crippen MR) is 77.7 cm³/mol. The summed E-state index contributed by atoms with van der Waals surface area (Å²) < 4.78 is 24.1. The van der Waals surface area contributed by atoms with Gasteiger partial charge in [0.25, 0.3) is 0 Å². The number of hydrogen-bond acceptors (Lipinski definition) is 4. The molecule has 0 amide bonds. The van der Waals surface area contributed by atoms with E-state index in [1.54, 1.807) is 12.1 Å². The Labute approximate surface area is 123 Å². The first-order valence-corrected chi connectivity index (χ1v) is 6.84. The van der Waals surface area contributed by atoms with Crippen LogP contribution in [0.4, 0.5) is 4.39 Å². The first-order chi connectivity index (χ1) is 10.0. The van der Waals surface area contributed by atoms with Crippen LogP contribution in [0, 0.1) is 12.7 Å². The highest BCUT2D eigenvalue weighted by Gasteiger charge is 2.12. The monoisotopic (exact) mass is 293 g/mol. The van der Waals surface area contributed by atoms with Crippen LogP contribution in [-0.4, -0.2) is 36.3 Å². The number of hydrogen-bond donors (Lipinski definition) is 1. The molecule has 0 radical (unpaired) electrons. The van der Waals surface area contributed by atoms with Crippen LogP contribution in [0.1, 0.15) is 11.5 Å². The molecule has 114 valence electrons. The van der Waals surface area contributed by atoms with Crippen LogP contribution < -0.4 is 4.74 Å². The third-order valence-corrected chi connectivity index (χ3v) is 3.01. The molecule has 0 saturated heterocycles. The van der Waals surface area contributed by atoms with Crippen molar-refractivity contribution < 1.29 is 18.7 Å². The molecule has 1 aromatic heterocycles. The van der Waals surface area contributed by atoms with Crippen LogP contribution in [0.15, 0.2) is 40.8 Å². The summed E-state index contributed by atoms with van der Waals surface area (Å²) in [7, 11) is 1.88. The fourth-order valence-electron chi connectivity index (χ4n) is 2.06. The van der Waals surface area contributed by atoms with Crippen LogP contribution in [0.3, 0.4) is 0 Å². The standard InChI is InChI=1S/C16H20FNO3/c1-12-7-8-14(21-12)10-18(2)9-13(19)11-20-16-6-4-3-5-15(16)17/h3-8,13,19H,9-11H2,1-2H3. The van der Waals surface area contributed by atoms with Crippen molar-refractivity contribution in [3.8, 4) is 5.75 Å². The largest absolute Gasteiger partial charge is 0.488 e. The van der Waals surface area contributed by atoms with Gasteiger partial charge in [0, 0.05) is 6.54 Å². The average Bonchev–Trinajstić information content (AvgIpc) is 2.83. The lowest BCUT2D eigenvalue weighted by molar-refractivity contribution is 0.0710. The average molecular weight is 293 g/mol. The SMILES string of the molecule is Cc1ccc(CN(C)CC(O)COc2ccccc2F)o1. The molecule has 1 atom stereocenters. The van der Waals surface area contributed by atoms with Gasteiger partial charge in [-0.3, -0.25) is 4.90 Å². The van der Waals surface area contributed by atoms with E-state index in [1.807, 2.05) is 31.0 Å². The first kappa shape index (κ1) is 15.5. The minimum Gasteiger partial charge on any atom is -0.488 e. The van der Waals surface area contributed by atoms with Gasteiger partial charge in [-0.2, -0.15) is 0 Å². The Morgan fingerprint density at radius 3 is 2.71 bits per heavy atom. The molecular weight excluding hydrogens is 273 g/mol. The number of benzene rings is 1. The van der Waals surface area contributed by atoms with Crippen molar-refractivity contribution in [2.75, 3.05) is 20.2 Å². The van der Waals surface area contributed by atoms with Crippen molar-refractivity contribution in [2.24, 2.45) is 0 Å². The maximum Gasteiger partial charge on any atom is 0.165 e. The van der Waals surface area contributed by atoms with Crippen molar-refractivity contribution in [2.45, 2.75) is 19.6 Å². The van der Waals surface area contributed by atoms with Crippen LogP contribution in [-0.2, 0) is 6.54 Å². The highest BCUT2D eigenvalue weighted by molar-refractivity contribution is 5.23. The Bertz CT molecular complexity index is 570. The van der Waals surface area contributed by atoms with Gasteiger partial charge in [0.15, 0.2) is 11.6 Å². The number of furan rings is 1. The molecular formula is C16H20FNO3.